The van der Waals surface area contributed by atoms with Crippen LogP contribution in [0.5, 0.6) is 0 Å². The number of hydrogen-bond acceptors (Lipinski definition) is 4. The van der Waals surface area contributed by atoms with Crippen molar-refractivity contribution in [2.45, 2.75) is 18.7 Å². The summed E-state index contributed by atoms with van der Waals surface area (Å²) in [5.41, 5.74) is 1.67. The van der Waals surface area contributed by atoms with Crippen molar-refractivity contribution in [1.29, 1.82) is 0 Å². The summed E-state index contributed by atoms with van der Waals surface area (Å²) < 4.78 is 32.8. The maximum atomic E-state index is 12.2. The number of sulfonamides is 1. The van der Waals surface area contributed by atoms with E-state index in [4.69, 9.17) is 4.42 Å². The molecule has 6 heteroatoms. The maximum absolute atomic E-state index is 12.2. The van der Waals surface area contributed by atoms with Gasteiger partial charge < -0.3 is 4.42 Å². The van der Waals surface area contributed by atoms with Crippen LogP contribution in [0.2, 0.25) is 0 Å². The lowest BCUT2D eigenvalue weighted by molar-refractivity contribution is 0.560. The normalized spacial score (nSPS) is 11.8. The van der Waals surface area contributed by atoms with E-state index in [-0.39, 0.29) is 10.8 Å². The van der Waals surface area contributed by atoms with Crippen LogP contribution in [-0.4, -0.2) is 19.9 Å². The summed E-state index contributed by atoms with van der Waals surface area (Å²) in [7, 11) is -3.49. The number of rotatable bonds is 6. The van der Waals surface area contributed by atoms with Crippen molar-refractivity contribution < 1.29 is 12.8 Å². The molecular weight excluding hydrogens is 336 g/mol. The van der Waals surface area contributed by atoms with Crippen molar-refractivity contribution in [2.75, 3.05) is 6.54 Å². The Morgan fingerprint density at radius 3 is 2.32 bits per heavy atom. The molecule has 1 N–H and O–H groups in total. The van der Waals surface area contributed by atoms with Gasteiger partial charge in [-0.2, -0.15) is 0 Å². The largest absolute Gasteiger partial charge is 0.436 e. The minimum absolute atomic E-state index is 0.228. The first kappa shape index (κ1) is 17.4. The third-order valence-electron chi connectivity index (χ3n) is 3.66. The van der Waals surface area contributed by atoms with E-state index in [0.29, 0.717) is 18.2 Å². The molecule has 0 aliphatic rings. The fraction of sp³-hybridized carbons (Fsp3) is 0.211. The average Bonchev–Trinajstić information content (AvgIpc) is 3.11. The Kier molecular flexibility index (Phi) is 5.01. The summed E-state index contributed by atoms with van der Waals surface area (Å²) in [6.07, 6.45) is 1.67. The van der Waals surface area contributed by atoms with Crippen molar-refractivity contribution in [2.24, 2.45) is 5.92 Å². The molecule has 0 unspecified atom stereocenters. The number of nitrogens with zero attached hydrogens (tertiary/aromatic N) is 1. The molecule has 0 saturated heterocycles. The lowest BCUT2D eigenvalue weighted by atomic mass is 10.2. The van der Waals surface area contributed by atoms with Gasteiger partial charge in [-0.05, 0) is 30.2 Å². The highest BCUT2D eigenvalue weighted by Gasteiger charge is 2.15. The predicted molar refractivity (Wildman–Crippen MR) is 97.4 cm³/mol. The third kappa shape index (κ3) is 4.15. The predicted octanol–water partition coefficient (Wildman–Crippen LogP) is 3.94. The molecule has 5 nitrogen and oxygen atoms in total. The van der Waals surface area contributed by atoms with E-state index >= 15 is 0 Å². The summed E-state index contributed by atoms with van der Waals surface area (Å²) in [5, 5.41) is 0. The summed E-state index contributed by atoms with van der Waals surface area (Å²) >= 11 is 0. The fourth-order valence-electron chi connectivity index (χ4n) is 2.28. The average molecular weight is 356 g/mol. The molecule has 0 saturated carbocycles. The quantitative estimate of drug-likeness (QED) is 0.726. The second-order valence-electron chi connectivity index (χ2n) is 6.17. The first-order valence-electron chi connectivity index (χ1n) is 8.07. The van der Waals surface area contributed by atoms with Crippen LogP contribution in [0.1, 0.15) is 13.8 Å². The van der Waals surface area contributed by atoms with E-state index < -0.39 is 10.0 Å². The van der Waals surface area contributed by atoms with Gasteiger partial charge in [0.2, 0.25) is 15.9 Å². The van der Waals surface area contributed by atoms with E-state index in [1.54, 1.807) is 30.5 Å². The van der Waals surface area contributed by atoms with Crippen LogP contribution in [-0.2, 0) is 10.0 Å². The van der Waals surface area contributed by atoms with Crippen molar-refractivity contribution >= 4 is 10.0 Å². The van der Waals surface area contributed by atoms with Crippen LogP contribution in [0.3, 0.4) is 0 Å². The van der Waals surface area contributed by atoms with E-state index in [1.165, 1.54) is 0 Å². The zero-order valence-electron chi connectivity index (χ0n) is 14.1. The van der Waals surface area contributed by atoms with Gasteiger partial charge in [-0.25, -0.2) is 18.1 Å². The standard InChI is InChI=1S/C19H20N2O3S/c1-14(2)12-21-25(22,23)17-10-8-16(9-11-17)19-20-13-18(24-19)15-6-4-3-5-7-15/h3-11,13-14,21H,12H2,1-2H3. The molecule has 130 valence electrons. The lowest BCUT2D eigenvalue weighted by Crippen LogP contribution is -2.27. The molecule has 25 heavy (non-hydrogen) atoms. The third-order valence-corrected chi connectivity index (χ3v) is 5.10. The molecule has 2 aromatic carbocycles. The zero-order chi connectivity index (χ0) is 17.9. The first-order chi connectivity index (χ1) is 12.0. The molecule has 0 amide bonds. The first-order valence-corrected chi connectivity index (χ1v) is 9.55. The Balaban J connectivity index is 1.80. The molecule has 3 aromatic rings. The summed E-state index contributed by atoms with van der Waals surface area (Å²) in [6.45, 7) is 4.32. The van der Waals surface area contributed by atoms with Crippen molar-refractivity contribution in [3.05, 3.63) is 60.8 Å². The molecule has 1 aromatic heterocycles. The second-order valence-corrected chi connectivity index (χ2v) is 7.93. The van der Waals surface area contributed by atoms with Gasteiger partial charge in [-0.15, -0.1) is 0 Å². The molecule has 3 rings (SSSR count). The number of oxazole rings is 1. The van der Waals surface area contributed by atoms with E-state index in [1.807, 2.05) is 44.2 Å². The van der Waals surface area contributed by atoms with Crippen molar-refractivity contribution in [3.63, 3.8) is 0 Å². The number of benzene rings is 2. The van der Waals surface area contributed by atoms with E-state index in [2.05, 4.69) is 9.71 Å². The Labute approximate surface area is 147 Å². The van der Waals surface area contributed by atoms with E-state index in [9.17, 15) is 8.42 Å². The molecule has 0 fully saturated rings. The molecule has 0 aliphatic carbocycles. The minimum atomic E-state index is -3.49. The molecule has 0 radical (unpaired) electrons. The van der Waals surface area contributed by atoms with Gasteiger partial charge in [0, 0.05) is 17.7 Å². The Hall–Kier alpha value is -2.44. The highest BCUT2D eigenvalue weighted by atomic mass is 32.2. The van der Waals surface area contributed by atoms with Gasteiger partial charge in [0.05, 0.1) is 11.1 Å². The van der Waals surface area contributed by atoms with Crippen molar-refractivity contribution in [3.8, 4) is 22.8 Å². The van der Waals surface area contributed by atoms with Gasteiger partial charge in [0.1, 0.15) is 0 Å². The van der Waals surface area contributed by atoms with Crippen molar-refractivity contribution in [1.82, 2.24) is 9.71 Å². The molecule has 0 spiro atoms. The van der Waals surface area contributed by atoms with Gasteiger partial charge in [-0.1, -0.05) is 44.2 Å². The Bertz CT molecular complexity index is 930. The summed E-state index contributed by atoms with van der Waals surface area (Å²) in [6, 6.07) is 16.2. The number of hydrogen-bond donors (Lipinski definition) is 1. The summed E-state index contributed by atoms with van der Waals surface area (Å²) in [4.78, 5) is 4.51. The number of nitrogens with one attached hydrogen (secondary N) is 1. The van der Waals surface area contributed by atoms with Crippen LogP contribution >= 0.6 is 0 Å². The summed E-state index contributed by atoms with van der Waals surface area (Å²) in [5.74, 6) is 1.38. The van der Waals surface area contributed by atoms with Crippen LogP contribution in [0, 0.1) is 5.92 Å². The maximum Gasteiger partial charge on any atom is 0.240 e. The Morgan fingerprint density at radius 1 is 1.00 bits per heavy atom. The van der Waals surface area contributed by atoms with Crippen LogP contribution in [0.25, 0.3) is 22.8 Å². The van der Waals surface area contributed by atoms with Gasteiger partial charge in [-0.3, -0.25) is 0 Å². The second kappa shape index (κ2) is 7.21. The van der Waals surface area contributed by atoms with Crippen LogP contribution in [0.4, 0.5) is 0 Å². The highest BCUT2D eigenvalue weighted by molar-refractivity contribution is 7.89. The number of aromatic nitrogens is 1. The molecule has 0 aliphatic heterocycles. The molecule has 0 atom stereocenters. The highest BCUT2D eigenvalue weighted by Crippen LogP contribution is 2.26. The Morgan fingerprint density at radius 2 is 1.68 bits per heavy atom. The van der Waals surface area contributed by atoms with E-state index in [0.717, 1.165) is 11.1 Å². The van der Waals surface area contributed by atoms with Gasteiger partial charge >= 0.3 is 0 Å². The van der Waals surface area contributed by atoms with Crippen LogP contribution in [0.15, 0.2) is 70.1 Å². The SMILES string of the molecule is CC(C)CNS(=O)(=O)c1ccc(-c2ncc(-c3ccccc3)o2)cc1. The molecule has 0 bridgehead atoms. The van der Waals surface area contributed by atoms with Gasteiger partial charge in [0.25, 0.3) is 0 Å². The molecular formula is C19H20N2O3S. The minimum Gasteiger partial charge on any atom is -0.436 e. The monoisotopic (exact) mass is 356 g/mol. The molecule has 1 heterocycles. The lowest BCUT2D eigenvalue weighted by Gasteiger charge is -2.09. The van der Waals surface area contributed by atoms with Gasteiger partial charge in [0.15, 0.2) is 5.76 Å². The zero-order valence-corrected chi connectivity index (χ0v) is 15.0. The van der Waals surface area contributed by atoms with Crippen LogP contribution < -0.4 is 4.72 Å². The fourth-order valence-corrected chi connectivity index (χ4v) is 3.49. The smallest absolute Gasteiger partial charge is 0.240 e. The topological polar surface area (TPSA) is 72.2 Å².